The van der Waals surface area contributed by atoms with Gasteiger partial charge in [0.2, 0.25) is 0 Å². The number of benzene rings is 5. The van der Waals surface area contributed by atoms with E-state index in [2.05, 4.69) is 35.8 Å². The summed E-state index contributed by atoms with van der Waals surface area (Å²) in [5.74, 6) is 0.308. The van der Waals surface area contributed by atoms with Crippen molar-refractivity contribution in [3.8, 4) is 5.75 Å². The average Bonchev–Trinajstić information content (AvgIpc) is 3.85. The first-order chi connectivity index (χ1) is 24.4. The molecule has 0 saturated carbocycles. The van der Waals surface area contributed by atoms with Crippen LogP contribution in [0.25, 0.3) is 0 Å². The van der Waals surface area contributed by atoms with Crippen molar-refractivity contribution in [3.05, 3.63) is 179 Å². The zero-order valence-corrected chi connectivity index (χ0v) is 36.8. The molecule has 0 bridgehead atoms. The van der Waals surface area contributed by atoms with Gasteiger partial charge >= 0.3 is 0 Å². The number of aryl methyl sites for hydroxylation is 1. The van der Waals surface area contributed by atoms with Crippen molar-refractivity contribution in [2.24, 2.45) is 0 Å². The minimum absolute atomic E-state index is 0. The van der Waals surface area contributed by atoms with Crippen molar-refractivity contribution >= 4 is 0 Å². The number of aliphatic hydroxyl groups is 2. The molecule has 2 fully saturated rings. The van der Waals surface area contributed by atoms with E-state index in [9.17, 15) is 15.3 Å². The molecular weight excluding hydrogens is 747 g/mol. The van der Waals surface area contributed by atoms with Gasteiger partial charge in [-0.2, -0.15) is 6.92 Å². The molecule has 0 aliphatic carbocycles. The number of phenols is 1. The Morgan fingerprint density at radius 2 is 0.846 bits per heavy atom. The molecule has 2 aliphatic heterocycles. The fourth-order valence-electron chi connectivity index (χ4n) is 8.46. The van der Waals surface area contributed by atoms with Crippen molar-refractivity contribution in [2.45, 2.75) is 75.9 Å². The number of likely N-dealkylation sites (tertiary alicyclic amines) is 2. The van der Waals surface area contributed by atoms with E-state index in [1.54, 1.807) is 6.92 Å². The largest absolute Gasteiger partial charge is 0.507 e. The van der Waals surface area contributed by atoms with Crippen LogP contribution in [-0.4, -0.2) is 50.3 Å². The molecule has 264 valence electrons. The predicted octanol–water partition coefficient (Wildman–Crippen LogP) is 8.34. The summed E-state index contributed by atoms with van der Waals surface area (Å²) in [6.07, 6.45) is 3.65. The molecule has 0 spiro atoms. The smallest absolute Gasteiger partial charge is 0.130 e. The van der Waals surface area contributed by atoms with E-state index < -0.39 is 11.2 Å². The van der Waals surface area contributed by atoms with Crippen molar-refractivity contribution in [1.29, 1.82) is 0 Å². The van der Waals surface area contributed by atoms with Crippen LogP contribution in [0.1, 0.15) is 71.6 Å². The summed E-state index contributed by atoms with van der Waals surface area (Å²) < 4.78 is 0. The topological polar surface area (TPSA) is 67.2 Å². The third-order valence-electron chi connectivity index (χ3n) is 10.7. The van der Waals surface area contributed by atoms with E-state index in [1.807, 2.05) is 121 Å². The molecule has 7 heteroatoms. The first kappa shape index (κ1) is 41.7. The monoisotopic (exact) mass is 795 g/mol. The minimum Gasteiger partial charge on any atom is -0.507 e. The van der Waals surface area contributed by atoms with Gasteiger partial charge in [0.15, 0.2) is 0 Å². The second-order valence-electron chi connectivity index (χ2n) is 13.7. The molecule has 5 aromatic rings. The van der Waals surface area contributed by atoms with Crippen LogP contribution in [0.5, 0.6) is 5.75 Å². The van der Waals surface area contributed by atoms with Crippen LogP contribution >= 0.6 is 0 Å². The Labute approximate surface area is 336 Å². The number of hydrogen-bond acceptors (Lipinski definition) is 5. The van der Waals surface area contributed by atoms with Crippen LogP contribution in [0.3, 0.4) is 0 Å². The summed E-state index contributed by atoms with van der Waals surface area (Å²) in [5.41, 5.74) is 3.98. The van der Waals surface area contributed by atoms with Gasteiger partial charge in [0.1, 0.15) is 17.0 Å². The standard InChI is InChI=1S/C43H46N2O3.C2H5.2Zn/c1-32-28-33(30-44-26-14-24-39(44)42(47,35-16-6-2-7-17-35)36-18-8-3-9-19-36)41(46)34(29-32)31-45-27-15-25-40(45)43(48,37-20-10-4-11-21-37)38-22-12-5-13-23-38;1-2;;/h2-13,16-23,28-29,39-40,46-48H,14-15,24-27,30-31H2,1H3;1H2,2H3;;/q;-1;;. The maximum atomic E-state index is 12.6. The fraction of sp³-hybridized carbons (Fsp3) is 0.311. The molecule has 2 heterocycles. The van der Waals surface area contributed by atoms with E-state index in [-0.39, 0.29) is 51.0 Å². The molecule has 0 aromatic heterocycles. The average molecular weight is 799 g/mol. The van der Waals surface area contributed by atoms with Gasteiger partial charge in [0.25, 0.3) is 0 Å². The Hall–Kier alpha value is -3.01. The Morgan fingerprint density at radius 1 is 0.558 bits per heavy atom. The van der Waals surface area contributed by atoms with Crippen LogP contribution in [0.4, 0.5) is 0 Å². The van der Waals surface area contributed by atoms with Gasteiger partial charge in [-0.1, -0.05) is 139 Å². The molecule has 2 aliphatic rings. The Balaban J connectivity index is 0.00000149. The molecule has 7 rings (SSSR count). The van der Waals surface area contributed by atoms with E-state index in [4.69, 9.17) is 0 Å². The first-order valence-electron chi connectivity index (χ1n) is 18.1. The first-order valence-corrected chi connectivity index (χ1v) is 18.1. The Kier molecular flexibility index (Phi) is 15.1. The van der Waals surface area contributed by atoms with Gasteiger partial charge in [-0.15, -0.1) is 0 Å². The van der Waals surface area contributed by atoms with Crippen molar-refractivity contribution in [3.63, 3.8) is 0 Å². The van der Waals surface area contributed by atoms with E-state index >= 15 is 0 Å². The van der Waals surface area contributed by atoms with Crippen LogP contribution in [0.15, 0.2) is 133 Å². The van der Waals surface area contributed by atoms with Crippen LogP contribution in [0.2, 0.25) is 0 Å². The SMILES string of the molecule is Cc1cc(CN2CCCC2C(O)(c2ccccc2)c2ccccc2)c(O)c(CN2CCCC2C(O)(c2ccccc2)c2ccccc2)c1.[CH2-]C.[Zn].[Zn]. The molecule has 3 N–H and O–H groups in total. The summed E-state index contributed by atoms with van der Waals surface area (Å²) in [4.78, 5) is 4.70. The summed E-state index contributed by atoms with van der Waals surface area (Å²) in [5, 5.41) is 37.2. The summed E-state index contributed by atoms with van der Waals surface area (Å²) in [6, 6.07) is 43.9. The summed E-state index contributed by atoms with van der Waals surface area (Å²) in [6.45, 7) is 9.84. The predicted molar refractivity (Wildman–Crippen MR) is 203 cm³/mol. The molecule has 5 nitrogen and oxygen atoms in total. The number of hydrogen-bond donors (Lipinski definition) is 3. The van der Waals surface area contributed by atoms with Gasteiger partial charge < -0.3 is 22.2 Å². The van der Waals surface area contributed by atoms with E-state index in [0.29, 0.717) is 18.8 Å². The normalized spacial score (nSPS) is 17.8. The zero-order chi connectivity index (χ0) is 35.1. The van der Waals surface area contributed by atoms with E-state index in [1.165, 1.54) is 0 Å². The third kappa shape index (κ3) is 8.37. The second-order valence-corrected chi connectivity index (χ2v) is 13.7. The fourth-order valence-corrected chi connectivity index (χ4v) is 8.46. The van der Waals surface area contributed by atoms with Crippen molar-refractivity contribution in [2.75, 3.05) is 13.1 Å². The summed E-state index contributed by atoms with van der Waals surface area (Å²) >= 11 is 0. The number of aromatic hydroxyl groups is 1. The number of rotatable bonds is 10. The number of phenolic OH excluding ortho intramolecular Hbond substituents is 1. The van der Waals surface area contributed by atoms with Crippen LogP contribution in [0, 0.1) is 13.8 Å². The molecule has 5 aromatic carbocycles. The maximum Gasteiger partial charge on any atom is 0.130 e. The third-order valence-corrected chi connectivity index (χ3v) is 10.7. The van der Waals surface area contributed by atoms with Gasteiger partial charge in [0, 0.05) is 75.3 Å². The Bertz CT molecular complexity index is 1600. The molecule has 0 radical (unpaired) electrons. The van der Waals surface area contributed by atoms with Crippen LogP contribution in [-0.2, 0) is 63.2 Å². The zero-order valence-electron chi connectivity index (χ0n) is 30.9. The molecule has 0 amide bonds. The van der Waals surface area contributed by atoms with Crippen molar-refractivity contribution in [1.82, 2.24) is 9.80 Å². The quantitative estimate of drug-likeness (QED) is 0.0981. The Morgan fingerprint density at radius 3 is 1.13 bits per heavy atom. The minimum atomic E-state index is -1.19. The van der Waals surface area contributed by atoms with Gasteiger partial charge in [-0.25, -0.2) is 0 Å². The van der Waals surface area contributed by atoms with Gasteiger partial charge in [0.05, 0.1) is 0 Å². The van der Waals surface area contributed by atoms with Gasteiger partial charge in [-0.3, -0.25) is 9.80 Å². The molecule has 2 atom stereocenters. The van der Waals surface area contributed by atoms with Gasteiger partial charge in [-0.05, 0) is 68.0 Å². The maximum absolute atomic E-state index is 12.6. The van der Waals surface area contributed by atoms with E-state index in [0.717, 1.165) is 77.7 Å². The molecule has 2 saturated heterocycles. The van der Waals surface area contributed by atoms with Crippen LogP contribution < -0.4 is 0 Å². The van der Waals surface area contributed by atoms with Crippen molar-refractivity contribution < 1.29 is 54.3 Å². The second kappa shape index (κ2) is 18.8. The number of nitrogens with zero attached hydrogens (tertiary/aromatic N) is 2. The summed E-state index contributed by atoms with van der Waals surface area (Å²) in [7, 11) is 0. The molecule has 2 unspecified atom stereocenters. The molecule has 52 heavy (non-hydrogen) atoms. The molecular formula is C45H51N2O3Zn2-.